The number of fused-ring (bicyclic) bond motifs is 1. The molecule has 0 aliphatic carbocycles. The molecule has 0 aliphatic rings. The highest BCUT2D eigenvalue weighted by Crippen LogP contribution is 2.12. The summed E-state index contributed by atoms with van der Waals surface area (Å²) >= 11 is 0. The molecule has 0 bridgehead atoms. The highest BCUT2D eigenvalue weighted by molar-refractivity contribution is 5.43. The van der Waals surface area contributed by atoms with E-state index < -0.39 is 0 Å². The highest BCUT2D eigenvalue weighted by atomic mass is 19.1. The summed E-state index contributed by atoms with van der Waals surface area (Å²) in [7, 11) is 1.85. The van der Waals surface area contributed by atoms with Crippen LogP contribution in [0.4, 0.5) is 4.39 Å². The minimum Gasteiger partial charge on any atom is -0.314 e. The first kappa shape index (κ1) is 9.15. The SMILES string of the molecule is CNCc1cnc2c(F)cc(C)cn12. The Morgan fingerprint density at radius 2 is 2.36 bits per heavy atom. The van der Waals surface area contributed by atoms with E-state index in [1.807, 2.05) is 20.2 Å². The molecular weight excluding hydrogens is 181 g/mol. The molecule has 0 spiro atoms. The van der Waals surface area contributed by atoms with Crippen molar-refractivity contribution in [1.29, 1.82) is 0 Å². The smallest absolute Gasteiger partial charge is 0.173 e. The first-order valence-corrected chi connectivity index (χ1v) is 4.49. The molecule has 4 heteroatoms. The maximum absolute atomic E-state index is 13.4. The molecule has 0 radical (unpaired) electrons. The van der Waals surface area contributed by atoms with Gasteiger partial charge in [-0.25, -0.2) is 9.37 Å². The Kier molecular flexibility index (Phi) is 2.21. The quantitative estimate of drug-likeness (QED) is 0.783. The zero-order valence-electron chi connectivity index (χ0n) is 8.21. The average molecular weight is 193 g/mol. The lowest BCUT2D eigenvalue weighted by Crippen LogP contribution is -2.07. The number of halogens is 1. The molecule has 2 aromatic rings. The topological polar surface area (TPSA) is 29.3 Å². The van der Waals surface area contributed by atoms with Crippen LogP contribution in [0.25, 0.3) is 5.65 Å². The molecule has 14 heavy (non-hydrogen) atoms. The lowest BCUT2D eigenvalue weighted by atomic mass is 10.3. The molecule has 0 saturated carbocycles. The van der Waals surface area contributed by atoms with E-state index in [0.29, 0.717) is 12.2 Å². The molecule has 0 aromatic carbocycles. The van der Waals surface area contributed by atoms with Gasteiger partial charge >= 0.3 is 0 Å². The van der Waals surface area contributed by atoms with Gasteiger partial charge in [-0.1, -0.05) is 0 Å². The number of hydrogen-bond acceptors (Lipinski definition) is 2. The standard InChI is InChI=1S/C10H12FN3/c1-7-3-9(11)10-13-5-8(4-12-2)14(10)6-7/h3,5-6,12H,4H2,1-2H3. The van der Waals surface area contributed by atoms with E-state index in [1.54, 1.807) is 10.6 Å². The van der Waals surface area contributed by atoms with Gasteiger partial charge in [0.2, 0.25) is 0 Å². The lowest BCUT2D eigenvalue weighted by molar-refractivity contribution is 0.627. The number of aromatic nitrogens is 2. The molecule has 0 aliphatic heterocycles. The van der Waals surface area contributed by atoms with Crippen molar-refractivity contribution >= 4 is 5.65 Å². The third-order valence-corrected chi connectivity index (χ3v) is 2.13. The van der Waals surface area contributed by atoms with Crippen LogP contribution in [0.5, 0.6) is 0 Å². The van der Waals surface area contributed by atoms with Crippen molar-refractivity contribution in [3.8, 4) is 0 Å². The van der Waals surface area contributed by atoms with Gasteiger partial charge in [-0.05, 0) is 25.6 Å². The van der Waals surface area contributed by atoms with Gasteiger partial charge in [-0.2, -0.15) is 0 Å². The average Bonchev–Trinajstić information content (AvgIpc) is 2.49. The van der Waals surface area contributed by atoms with Gasteiger partial charge in [0.15, 0.2) is 11.5 Å². The summed E-state index contributed by atoms with van der Waals surface area (Å²) in [6.07, 6.45) is 3.58. The number of nitrogens with zero attached hydrogens (tertiary/aromatic N) is 2. The second kappa shape index (κ2) is 3.38. The van der Waals surface area contributed by atoms with Crippen LogP contribution in [0, 0.1) is 12.7 Å². The normalized spacial score (nSPS) is 11.1. The van der Waals surface area contributed by atoms with Crippen LogP contribution in [0.3, 0.4) is 0 Å². The van der Waals surface area contributed by atoms with Gasteiger partial charge in [-0.3, -0.25) is 0 Å². The van der Waals surface area contributed by atoms with E-state index in [-0.39, 0.29) is 5.82 Å². The van der Waals surface area contributed by atoms with Crippen molar-refractivity contribution in [2.45, 2.75) is 13.5 Å². The van der Waals surface area contributed by atoms with Gasteiger partial charge in [-0.15, -0.1) is 0 Å². The number of nitrogens with one attached hydrogen (secondary N) is 1. The molecule has 2 aromatic heterocycles. The molecule has 2 rings (SSSR count). The van der Waals surface area contributed by atoms with Crippen LogP contribution in [-0.4, -0.2) is 16.4 Å². The van der Waals surface area contributed by atoms with Crippen LogP contribution in [0.2, 0.25) is 0 Å². The van der Waals surface area contributed by atoms with Gasteiger partial charge in [0.05, 0.1) is 11.9 Å². The van der Waals surface area contributed by atoms with E-state index in [9.17, 15) is 4.39 Å². The van der Waals surface area contributed by atoms with Crippen molar-refractivity contribution in [1.82, 2.24) is 14.7 Å². The Labute approximate surface area is 81.6 Å². The molecule has 0 unspecified atom stereocenters. The fraction of sp³-hybridized carbons (Fsp3) is 0.300. The minimum absolute atomic E-state index is 0.271. The Morgan fingerprint density at radius 1 is 1.57 bits per heavy atom. The summed E-state index contributed by atoms with van der Waals surface area (Å²) in [6, 6.07) is 1.49. The Balaban J connectivity index is 2.66. The number of pyridine rings is 1. The second-order valence-electron chi connectivity index (χ2n) is 3.34. The Morgan fingerprint density at radius 3 is 3.07 bits per heavy atom. The summed E-state index contributed by atoms with van der Waals surface area (Å²) < 4.78 is 15.2. The zero-order chi connectivity index (χ0) is 10.1. The van der Waals surface area contributed by atoms with E-state index in [0.717, 1.165) is 11.3 Å². The lowest BCUT2D eigenvalue weighted by Gasteiger charge is -2.02. The fourth-order valence-electron chi connectivity index (χ4n) is 1.53. The molecule has 0 amide bonds. The van der Waals surface area contributed by atoms with Crippen LogP contribution in [0.1, 0.15) is 11.3 Å². The first-order valence-electron chi connectivity index (χ1n) is 4.49. The minimum atomic E-state index is -0.271. The second-order valence-corrected chi connectivity index (χ2v) is 3.34. The monoisotopic (exact) mass is 193 g/mol. The molecule has 0 saturated heterocycles. The predicted octanol–water partition coefficient (Wildman–Crippen LogP) is 1.50. The van der Waals surface area contributed by atoms with Gasteiger partial charge in [0, 0.05) is 12.7 Å². The van der Waals surface area contributed by atoms with Crippen LogP contribution in [-0.2, 0) is 6.54 Å². The molecular formula is C10H12FN3. The van der Waals surface area contributed by atoms with Gasteiger partial charge in [0.25, 0.3) is 0 Å². The van der Waals surface area contributed by atoms with Crippen molar-refractivity contribution in [2.75, 3.05) is 7.05 Å². The van der Waals surface area contributed by atoms with E-state index in [2.05, 4.69) is 10.3 Å². The summed E-state index contributed by atoms with van der Waals surface area (Å²) in [6.45, 7) is 2.55. The molecule has 0 fully saturated rings. The number of imidazole rings is 1. The summed E-state index contributed by atoms with van der Waals surface area (Å²) in [5, 5.41) is 3.02. The molecule has 0 atom stereocenters. The number of rotatable bonds is 2. The van der Waals surface area contributed by atoms with E-state index in [1.165, 1.54) is 6.07 Å². The van der Waals surface area contributed by atoms with Crippen molar-refractivity contribution in [2.24, 2.45) is 0 Å². The summed E-state index contributed by atoms with van der Waals surface area (Å²) in [4.78, 5) is 4.03. The van der Waals surface area contributed by atoms with E-state index >= 15 is 0 Å². The van der Waals surface area contributed by atoms with Crippen molar-refractivity contribution < 1.29 is 4.39 Å². The van der Waals surface area contributed by atoms with E-state index in [4.69, 9.17) is 0 Å². The summed E-state index contributed by atoms with van der Waals surface area (Å²) in [5.41, 5.74) is 2.25. The molecule has 1 N–H and O–H groups in total. The first-order chi connectivity index (χ1) is 6.72. The van der Waals surface area contributed by atoms with Crippen molar-refractivity contribution in [3.05, 3.63) is 35.5 Å². The molecule has 2 heterocycles. The van der Waals surface area contributed by atoms with Gasteiger partial charge < -0.3 is 9.72 Å². The highest BCUT2D eigenvalue weighted by Gasteiger charge is 2.07. The van der Waals surface area contributed by atoms with Gasteiger partial charge in [0.1, 0.15) is 0 Å². The fourth-order valence-corrected chi connectivity index (χ4v) is 1.53. The number of hydrogen-bond donors (Lipinski definition) is 1. The largest absolute Gasteiger partial charge is 0.314 e. The van der Waals surface area contributed by atoms with Crippen molar-refractivity contribution in [3.63, 3.8) is 0 Å². The Hall–Kier alpha value is -1.42. The number of aryl methyl sites for hydroxylation is 1. The predicted molar refractivity (Wildman–Crippen MR) is 52.7 cm³/mol. The third-order valence-electron chi connectivity index (χ3n) is 2.13. The Bertz CT molecular complexity index is 462. The maximum atomic E-state index is 13.4. The maximum Gasteiger partial charge on any atom is 0.173 e. The zero-order valence-corrected chi connectivity index (χ0v) is 8.21. The van der Waals surface area contributed by atoms with Crippen LogP contribution in [0.15, 0.2) is 18.5 Å². The van der Waals surface area contributed by atoms with Crippen LogP contribution >= 0.6 is 0 Å². The third kappa shape index (κ3) is 1.37. The molecule has 3 nitrogen and oxygen atoms in total. The molecule has 74 valence electrons. The summed E-state index contributed by atoms with van der Waals surface area (Å²) in [5.74, 6) is -0.271. The van der Waals surface area contributed by atoms with Crippen LogP contribution < -0.4 is 5.32 Å².